The van der Waals surface area contributed by atoms with Crippen molar-refractivity contribution in [3.8, 4) is 5.75 Å². The van der Waals surface area contributed by atoms with Crippen LogP contribution < -0.4 is 15.7 Å². The molecule has 3 aromatic rings. The molecule has 0 aliphatic heterocycles. The van der Waals surface area contributed by atoms with Crippen molar-refractivity contribution in [1.82, 2.24) is 14.9 Å². The first-order chi connectivity index (χ1) is 14.2. The van der Waals surface area contributed by atoms with Gasteiger partial charge in [0.05, 0.1) is 18.1 Å². The molecule has 0 spiro atoms. The summed E-state index contributed by atoms with van der Waals surface area (Å²) in [6.45, 7) is 0.544. The number of carbonyl (C=O) groups excluding carboxylic acids is 1. The van der Waals surface area contributed by atoms with Gasteiger partial charge in [-0.2, -0.15) is 0 Å². The highest BCUT2D eigenvalue weighted by atomic mass is 16.5. The van der Waals surface area contributed by atoms with Gasteiger partial charge in [0.25, 0.3) is 5.91 Å². The molecule has 2 aromatic carbocycles. The molecule has 6 heteroatoms. The monoisotopic (exact) mass is 393 g/mol. The van der Waals surface area contributed by atoms with Crippen molar-refractivity contribution in [2.45, 2.75) is 44.6 Å². The van der Waals surface area contributed by atoms with Crippen LogP contribution in [0.5, 0.6) is 5.75 Å². The van der Waals surface area contributed by atoms with Crippen LogP contribution in [-0.2, 0) is 6.42 Å². The molecule has 0 saturated heterocycles. The zero-order valence-electron chi connectivity index (χ0n) is 16.7. The fourth-order valence-electron chi connectivity index (χ4n) is 4.19. The summed E-state index contributed by atoms with van der Waals surface area (Å²) in [5.41, 5.74) is 3.23. The van der Waals surface area contributed by atoms with Gasteiger partial charge in [-0.1, -0.05) is 31.4 Å². The maximum absolute atomic E-state index is 12.5. The van der Waals surface area contributed by atoms with E-state index < -0.39 is 0 Å². The van der Waals surface area contributed by atoms with Crippen LogP contribution in [0.25, 0.3) is 11.0 Å². The van der Waals surface area contributed by atoms with E-state index in [1.165, 1.54) is 19.3 Å². The first-order valence-electron chi connectivity index (χ1n) is 10.3. The summed E-state index contributed by atoms with van der Waals surface area (Å²) in [6.07, 6.45) is 6.40. The molecule has 29 heavy (non-hydrogen) atoms. The van der Waals surface area contributed by atoms with Gasteiger partial charge in [-0.25, -0.2) is 4.79 Å². The minimum atomic E-state index is -0.133. The van der Waals surface area contributed by atoms with Gasteiger partial charge in [0.1, 0.15) is 5.75 Å². The van der Waals surface area contributed by atoms with E-state index in [4.69, 9.17) is 4.74 Å². The SMILES string of the molecule is COc1ccc(CCNC(=O)c2ccc3c(c2)[nH]c(=O)n3C2CCCCC2)cc1. The van der Waals surface area contributed by atoms with E-state index >= 15 is 0 Å². The van der Waals surface area contributed by atoms with E-state index in [2.05, 4.69) is 10.3 Å². The minimum absolute atomic E-state index is 0.0797. The lowest BCUT2D eigenvalue weighted by Crippen LogP contribution is -2.25. The third-order valence-electron chi connectivity index (χ3n) is 5.78. The summed E-state index contributed by atoms with van der Waals surface area (Å²) >= 11 is 0. The Hall–Kier alpha value is -3.02. The molecule has 1 aliphatic rings. The molecule has 152 valence electrons. The fraction of sp³-hybridized carbons (Fsp3) is 0.391. The number of imidazole rings is 1. The Kier molecular flexibility index (Phi) is 5.69. The quantitative estimate of drug-likeness (QED) is 0.668. The number of carbonyl (C=O) groups is 1. The van der Waals surface area contributed by atoms with Crippen LogP contribution in [0.2, 0.25) is 0 Å². The highest BCUT2D eigenvalue weighted by molar-refractivity contribution is 5.97. The Morgan fingerprint density at radius 1 is 1.14 bits per heavy atom. The number of amides is 1. The summed E-state index contributed by atoms with van der Waals surface area (Å²) in [4.78, 5) is 28.0. The van der Waals surface area contributed by atoms with Gasteiger partial charge in [0, 0.05) is 18.2 Å². The largest absolute Gasteiger partial charge is 0.497 e. The Bertz CT molecular complexity index is 1040. The highest BCUT2D eigenvalue weighted by Crippen LogP contribution is 2.29. The number of hydrogen-bond acceptors (Lipinski definition) is 3. The van der Waals surface area contributed by atoms with Gasteiger partial charge in [-0.3, -0.25) is 9.36 Å². The smallest absolute Gasteiger partial charge is 0.326 e. The number of methoxy groups -OCH3 is 1. The Morgan fingerprint density at radius 2 is 1.90 bits per heavy atom. The van der Waals surface area contributed by atoms with E-state index in [9.17, 15) is 9.59 Å². The van der Waals surface area contributed by atoms with Crippen LogP contribution in [0.3, 0.4) is 0 Å². The van der Waals surface area contributed by atoms with Crippen LogP contribution in [-0.4, -0.2) is 29.1 Å². The van der Waals surface area contributed by atoms with Crippen molar-refractivity contribution in [1.29, 1.82) is 0 Å². The molecule has 0 radical (unpaired) electrons. The molecule has 0 bridgehead atoms. The van der Waals surface area contributed by atoms with Crippen LogP contribution in [0, 0.1) is 0 Å². The molecule has 4 rings (SSSR count). The third-order valence-corrected chi connectivity index (χ3v) is 5.78. The zero-order chi connectivity index (χ0) is 20.2. The van der Waals surface area contributed by atoms with Crippen LogP contribution >= 0.6 is 0 Å². The maximum atomic E-state index is 12.5. The van der Waals surface area contributed by atoms with E-state index in [-0.39, 0.29) is 17.6 Å². The lowest BCUT2D eigenvalue weighted by atomic mass is 9.95. The Morgan fingerprint density at radius 3 is 2.62 bits per heavy atom. The molecule has 1 saturated carbocycles. The minimum Gasteiger partial charge on any atom is -0.497 e. The molecule has 1 heterocycles. The molecular weight excluding hydrogens is 366 g/mol. The van der Waals surface area contributed by atoms with Crippen LogP contribution in [0.1, 0.15) is 54.1 Å². The number of nitrogens with one attached hydrogen (secondary N) is 2. The van der Waals surface area contributed by atoms with Crippen LogP contribution in [0.15, 0.2) is 47.3 Å². The second-order valence-electron chi connectivity index (χ2n) is 7.68. The van der Waals surface area contributed by atoms with Gasteiger partial charge in [0.15, 0.2) is 0 Å². The number of nitrogens with zero attached hydrogens (tertiary/aromatic N) is 1. The standard InChI is InChI=1S/C23H27N3O3/c1-29-19-10-7-16(8-11-19)13-14-24-22(27)17-9-12-21-20(15-17)25-23(28)26(21)18-5-3-2-4-6-18/h7-12,15,18H,2-6,13-14H2,1H3,(H,24,27)(H,25,28). The number of benzene rings is 2. The summed E-state index contributed by atoms with van der Waals surface area (Å²) in [5, 5.41) is 2.96. The molecule has 6 nitrogen and oxygen atoms in total. The van der Waals surface area contributed by atoms with Crippen molar-refractivity contribution < 1.29 is 9.53 Å². The second-order valence-corrected chi connectivity index (χ2v) is 7.68. The van der Waals surface area contributed by atoms with E-state index in [0.29, 0.717) is 12.1 Å². The van der Waals surface area contributed by atoms with Crippen molar-refractivity contribution in [2.75, 3.05) is 13.7 Å². The van der Waals surface area contributed by atoms with E-state index in [0.717, 1.165) is 41.6 Å². The molecule has 1 aromatic heterocycles. The first-order valence-corrected chi connectivity index (χ1v) is 10.3. The van der Waals surface area contributed by atoms with Crippen molar-refractivity contribution in [3.63, 3.8) is 0 Å². The first kappa shape index (κ1) is 19.3. The van der Waals surface area contributed by atoms with Crippen molar-refractivity contribution >= 4 is 16.9 Å². The number of H-pyrrole nitrogens is 1. The maximum Gasteiger partial charge on any atom is 0.326 e. The summed E-state index contributed by atoms with van der Waals surface area (Å²) in [6, 6.07) is 13.5. The summed E-state index contributed by atoms with van der Waals surface area (Å²) in [7, 11) is 1.64. The lowest BCUT2D eigenvalue weighted by Gasteiger charge is -2.22. The average Bonchev–Trinajstić information content (AvgIpc) is 3.09. The molecule has 0 atom stereocenters. The number of aromatic nitrogens is 2. The number of aromatic amines is 1. The average molecular weight is 393 g/mol. The van der Waals surface area contributed by atoms with E-state index in [1.54, 1.807) is 19.2 Å². The second kappa shape index (κ2) is 8.55. The third kappa shape index (κ3) is 4.21. The molecular formula is C23H27N3O3. The highest BCUT2D eigenvalue weighted by Gasteiger charge is 2.20. The molecule has 1 fully saturated rings. The topological polar surface area (TPSA) is 76.1 Å². The fourth-order valence-corrected chi connectivity index (χ4v) is 4.19. The molecule has 2 N–H and O–H groups in total. The zero-order valence-corrected chi connectivity index (χ0v) is 16.7. The van der Waals surface area contributed by atoms with Gasteiger partial charge in [-0.05, 0) is 55.2 Å². The van der Waals surface area contributed by atoms with Crippen molar-refractivity contribution in [2.24, 2.45) is 0 Å². The van der Waals surface area contributed by atoms with Gasteiger partial charge in [0.2, 0.25) is 0 Å². The molecule has 0 unspecified atom stereocenters. The number of fused-ring (bicyclic) bond motifs is 1. The number of hydrogen-bond donors (Lipinski definition) is 2. The lowest BCUT2D eigenvalue weighted by molar-refractivity contribution is 0.0954. The summed E-state index contributed by atoms with van der Waals surface area (Å²) < 4.78 is 7.03. The predicted molar refractivity (Wildman–Crippen MR) is 114 cm³/mol. The number of rotatable bonds is 6. The van der Waals surface area contributed by atoms with E-state index in [1.807, 2.05) is 34.9 Å². The Labute approximate surface area is 169 Å². The molecule has 1 amide bonds. The van der Waals surface area contributed by atoms with Gasteiger partial charge >= 0.3 is 5.69 Å². The number of ether oxygens (including phenoxy) is 1. The Balaban J connectivity index is 1.43. The van der Waals surface area contributed by atoms with Crippen molar-refractivity contribution in [3.05, 3.63) is 64.1 Å². The van der Waals surface area contributed by atoms with Crippen LogP contribution in [0.4, 0.5) is 0 Å². The predicted octanol–water partition coefficient (Wildman–Crippen LogP) is 3.82. The normalized spacial score (nSPS) is 14.8. The van der Waals surface area contributed by atoms with Gasteiger partial charge in [-0.15, -0.1) is 0 Å². The molecule has 1 aliphatic carbocycles. The summed E-state index contributed by atoms with van der Waals surface area (Å²) in [5.74, 6) is 0.687. The van der Waals surface area contributed by atoms with Gasteiger partial charge < -0.3 is 15.0 Å².